The third-order valence-corrected chi connectivity index (χ3v) is 16.1. The van der Waals surface area contributed by atoms with Crippen molar-refractivity contribution in [3.8, 4) is 0 Å². The molecule has 0 aliphatic carbocycles. The van der Waals surface area contributed by atoms with Crippen LogP contribution in [0.3, 0.4) is 0 Å². The molecule has 0 aliphatic heterocycles. The smallest absolute Gasteiger partial charge is 0.462 e. The summed E-state index contributed by atoms with van der Waals surface area (Å²) in [6.45, 7) is 9.38. The van der Waals surface area contributed by atoms with Crippen LogP contribution in [0.2, 0.25) is 0 Å². The van der Waals surface area contributed by atoms with Gasteiger partial charge in [0.15, 0.2) is 12.2 Å². The Bertz CT molecular complexity index is 1600. The molecule has 0 spiro atoms. The van der Waals surface area contributed by atoms with E-state index in [9.17, 15) is 43.2 Å². The number of phosphoric ester groups is 2. The van der Waals surface area contributed by atoms with Crippen LogP contribution in [0.25, 0.3) is 0 Å². The summed E-state index contributed by atoms with van der Waals surface area (Å²) in [6.07, 6.45) is 36.4. The first-order chi connectivity index (χ1) is 38.9. The van der Waals surface area contributed by atoms with E-state index in [1.165, 1.54) is 103 Å². The minimum atomic E-state index is -4.94. The summed E-state index contributed by atoms with van der Waals surface area (Å²) in [4.78, 5) is 71.9. The molecule has 0 heterocycles. The molecular formula is C62H120O17P2. The summed E-state index contributed by atoms with van der Waals surface area (Å²) >= 11 is 0. The summed E-state index contributed by atoms with van der Waals surface area (Å²) < 4.78 is 67.8. The van der Waals surface area contributed by atoms with E-state index in [2.05, 4.69) is 41.5 Å². The SMILES string of the molecule is CCCCCCCCCCCC(=O)O[C@H](COC(=O)CCCCCCCCC)COP(=O)(O)OC[C@H](O)COP(=O)(O)OC[C@@H](COC(=O)CCCCCCCCCC(C)C)OC(=O)CCCCCCCCCCCCCCC(C)C. The van der Waals surface area contributed by atoms with Crippen LogP contribution < -0.4 is 0 Å². The van der Waals surface area contributed by atoms with E-state index in [1.54, 1.807) is 0 Å². The molecule has 17 nitrogen and oxygen atoms in total. The van der Waals surface area contributed by atoms with Crippen molar-refractivity contribution in [2.75, 3.05) is 39.6 Å². The van der Waals surface area contributed by atoms with Crippen LogP contribution >= 0.6 is 15.6 Å². The van der Waals surface area contributed by atoms with Crippen LogP contribution in [-0.2, 0) is 65.4 Å². The largest absolute Gasteiger partial charge is 0.472 e. The van der Waals surface area contributed by atoms with E-state index in [0.717, 1.165) is 115 Å². The number of phosphoric acid groups is 2. The van der Waals surface area contributed by atoms with E-state index >= 15 is 0 Å². The number of rotatable bonds is 61. The highest BCUT2D eigenvalue weighted by molar-refractivity contribution is 7.47. The fourth-order valence-electron chi connectivity index (χ4n) is 9.18. The number of ether oxygens (including phenoxy) is 4. The Kier molecular flexibility index (Phi) is 53.4. The number of aliphatic hydroxyl groups excluding tert-OH is 1. The maximum Gasteiger partial charge on any atom is 0.472 e. The van der Waals surface area contributed by atoms with Crippen LogP contribution in [0.15, 0.2) is 0 Å². The van der Waals surface area contributed by atoms with Crippen molar-refractivity contribution in [3.05, 3.63) is 0 Å². The zero-order valence-electron chi connectivity index (χ0n) is 52.1. The Hall–Kier alpha value is -1.94. The van der Waals surface area contributed by atoms with Gasteiger partial charge in [0.05, 0.1) is 26.4 Å². The Labute approximate surface area is 492 Å². The summed E-state index contributed by atoms with van der Waals surface area (Å²) in [7, 11) is -9.88. The minimum Gasteiger partial charge on any atom is -0.462 e. The molecule has 0 aliphatic rings. The number of aliphatic hydroxyl groups is 1. The Morgan fingerprint density at radius 3 is 0.840 bits per heavy atom. The zero-order valence-corrected chi connectivity index (χ0v) is 53.9. The average Bonchev–Trinajstić information content (AvgIpc) is 3.42. The third kappa shape index (κ3) is 56.9. The van der Waals surface area contributed by atoms with Gasteiger partial charge in [0, 0.05) is 25.7 Å². The second-order valence-electron chi connectivity index (χ2n) is 23.4. The molecule has 0 radical (unpaired) electrons. The van der Waals surface area contributed by atoms with E-state index in [4.69, 9.17) is 37.0 Å². The highest BCUT2D eigenvalue weighted by atomic mass is 31.2. The van der Waals surface area contributed by atoms with E-state index in [0.29, 0.717) is 31.6 Å². The Morgan fingerprint density at radius 2 is 0.568 bits per heavy atom. The monoisotopic (exact) mass is 1200 g/mol. The highest BCUT2D eigenvalue weighted by Crippen LogP contribution is 2.45. The van der Waals surface area contributed by atoms with Gasteiger partial charge in [0.1, 0.15) is 19.3 Å². The minimum absolute atomic E-state index is 0.105. The lowest BCUT2D eigenvalue weighted by atomic mass is 10.0. The molecule has 2 unspecified atom stereocenters. The molecule has 19 heteroatoms. The van der Waals surface area contributed by atoms with Crippen molar-refractivity contribution in [2.24, 2.45) is 11.8 Å². The topological polar surface area (TPSA) is 237 Å². The molecule has 0 bridgehead atoms. The number of esters is 4. The summed E-state index contributed by atoms with van der Waals surface area (Å²) in [5, 5.41) is 10.5. The number of hydrogen-bond donors (Lipinski definition) is 3. The van der Waals surface area contributed by atoms with E-state index in [-0.39, 0.29) is 25.7 Å². The van der Waals surface area contributed by atoms with Crippen LogP contribution in [0.4, 0.5) is 0 Å². The summed E-state index contributed by atoms with van der Waals surface area (Å²) in [5.74, 6) is -0.661. The van der Waals surface area contributed by atoms with Crippen LogP contribution in [0.5, 0.6) is 0 Å². The molecule has 3 N–H and O–H groups in total. The number of carbonyl (C=O) groups is 4. The molecule has 0 fully saturated rings. The van der Waals surface area contributed by atoms with Crippen LogP contribution in [-0.4, -0.2) is 96.7 Å². The number of hydrogen-bond acceptors (Lipinski definition) is 15. The fourth-order valence-corrected chi connectivity index (χ4v) is 10.8. The van der Waals surface area contributed by atoms with Gasteiger partial charge in [-0.1, -0.05) is 253 Å². The zero-order chi connectivity index (χ0) is 60.1. The van der Waals surface area contributed by atoms with Crippen molar-refractivity contribution in [3.63, 3.8) is 0 Å². The number of carbonyl (C=O) groups excluding carboxylic acids is 4. The lowest BCUT2D eigenvalue weighted by Crippen LogP contribution is -2.30. The predicted molar refractivity (Wildman–Crippen MR) is 321 cm³/mol. The lowest BCUT2D eigenvalue weighted by Gasteiger charge is -2.21. The molecular weight excluding hydrogens is 1080 g/mol. The lowest BCUT2D eigenvalue weighted by molar-refractivity contribution is -0.161. The fraction of sp³-hybridized carbons (Fsp3) is 0.935. The predicted octanol–water partition coefficient (Wildman–Crippen LogP) is 16.9. The maximum absolute atomic E-state index is 13.0. The van der Waals surface area contributed by atoms with Gasteiger partial charge in [0.25, 0.3) is 0 Å². The van der Waals surface area contributed by atoms with Gasteiger partial charge < -0.3 is 33.8 Å². The number of unbranched alkanes of at least 4 members (excludes halogenated alkanes) is 31. The average molecular weight is 1200 g/mol. The molecule has 0 amide bonds. The molecule has 0 aromatic rings. The quantitative estimate of drug-likeness (QED) is 0.0222. The van der Waals surface area contributed by atoms with Crippen molar-refractivity contribution < 1.29 is 80.2 Å². The molecule has 0 aromatic heterocycles. The van der Waals surface area contributed by atoms with Gasteiger partial charge in [-0.2, -0.15) is 0 Å². The van der Waals surface area contributed by atoms with Crippen LogP contribution in [0, 0.1) is 11.8 Å². The summed E-state index contributed by atoms with van der Waals surface area (Å²) in [6, 6.07) is 0. The molecule has 5 atom stereocenters. The molecule has 0 saturated carbocycles. The molecule has 0 aromatic carbocycles. The second kappa shape index (κ2) is 54.7. The molecule has 0 saturated heterocycles. The Morgan fingerprint density at radius 1 is 0.333 bits per heavy atom. The van der Waals surface area contributed by atoms with Crippen LogP contribution in [0.1, 0.15) is 305 Å². The molecule has 0 rings (SSSR count). The first-order valence-electron chi connectivity index (χ1n) is 32.5. The van der Waals surface area contributed by atoms with Gasteiger partial charge in [-0.15, -0.1) is 0 Å². The van der Waals surface area contributed by atoms with Crippen molar-refractivity contribution in [1.29, 1.82) is 0 Å². The standard InChI is InChI=1S/C62H120O17P2/c1-7-9-11-13-15-20-27-34-40-46-61(66)78-57(50-72-59(64)44-38-32-24-14-12-10-8-2)52-76-80(68,69)74-48-56(63)49-75-81(70,71)77-53-58(51-73-60(65)45-39-33-29-23-26-31-37-43-55(5)6)79-62(67)47-41-35-28-22-19-17-16-18-21-25-30-36-42-54(3)4/h54-58,63H,7-53H2,1-6H3,(H,68,69)(H,70,71)/t56-,57+,58+/m0/s1. The van der Waals surface area contributed by atoms with Gasteiger partial charge in [-0.05, 0) is 37.5 Å². The van der Waals surface area contributed by atoms with Crippen molar-refractivity contribution >= 4 is 39.5 Å². The van der Waals surface area contributed by atoms with E-state index in [1.807, 2.05) is 0 Å². The second-order valence-corrected chi connectivity index (χ2v) is 26.3. The first kappa shape index (κ1) is 79.1. The third-order valence-electron chi connectivity index (χ3n) is 14.2. The van der Waals surface area contributed by atoms with Gasteiger partial charge in [-0.3, -0.25) is 37.3 Å². The van der Waals surface area contributed by atoms with Gasteiger partial charge in [0.2, 0.25) is 0 Å². The van der Waals surface area contributed by atoms with Crippen molar-refractivity contribution in [2.45, 2.75) is 323 Å². The highest BCUT2D eigenvalue weighted by Gasteiger charge is 2.30. The van der Waals surface area contributed by atoms with Crippen molar-refractivity contribution in [1.82, 2.24) is 0 Å². The maximum atomic E-state index is 13.0. The van der Waals surface area contributed by atoms with Gasteiger partial charge >= 0.3 is 39.5 Å². The first-order valence-corrected chi connectivity index (χ1v) is 35.5. The normalized spacial score (nSPS) is 14.4. The summed E-state index contributed by atoms with van der Waals surface area (Å²) in [5.41, 5.74) is 0. The van der Waals surface area contributed by atoms with E-state index < -0.39 is 97.5 Å². The Balaban J connectivity index is 5.20. The molecule has 480 valence electrons. The van der Waals surface area contributed by atoms with Gasteiger partial charge in [-0.25, -0.2) is 9.13 Å². The molecule has 81 heavy (non-hydrogen) atoms.